The average Bonchev–Trinajstić information content (AvgIpc) is 3.12. The molecule has 0 radical (unpaired) electrons. The number of thiophene rings is 1. The number of amides is 2. The van der Waals surface area contributed by atoms with Crippen molar-refractivity contribution in [2.75, 3.05) is 18.5 Å². The summed E-state index contributed by atoms with van der Waals surface area (Å²) in [6, 6.07) is 9.46. The topological polar surface area (TPSA) is 58.6 Å². The maximum absolute atomic E-state index is 12.5. The van der Waals surface area contributed by atoms with E-state index in [2.05, 4.69) is 11.9 Å². The summed E-state index contributed by atoms with van der Waals surface area (Å²) in [5.41, 5.74) is 1.85. The highest BCUT2D eigenvalue weighted by atomic mass is 32.1. The molecule has 0 aliphatic carbocycles. The van der Waals surface area contributed by atoms with Crippen molar-refractivity contribution >= 4 is 28.8 Å². The van der Waals surface area contributed by atoms with E-state index in [9.17, 15) is 9.59 Å². The van der Waals surface area contributed by atoms with E-state index in [1.165, 1.54) is 0 Å². The summed E-state index contributed by atoms with van der Waals surface area (Å²) < 4.78 is 5.67. The number of hydrogen-bond donors (Lipinski definition) is 1. The van der Waals surface area contributed by atoms with Crippen LogP contribution in [0.2, 0.25) is 0 Å². The SMILES string of the molecule is C=CCN(Cc1cccs1)C(=O)COc1ccc2c(c1)CCC(=O)N2. The van der Waals surface area contributed by atoms with Gasteiger partial charge in [-0.15, -0.1) is 17.9 Å². The van der Waals surface area contributed by atoms with Crippen molar-refractivity contribution in [2.24, 2.45) is 0 Å². The largest absolute Gasteiger partial charge is 0.484 e. The minimum Gasteiger partial charge on any atom is -0.484 e. The molecule has 0 unspecified atom stereocenters. The molecule has 0 saturated heterocycles. The maximum atomic E-state index is 12.5. The number of rotatable bonds is 7. The Morgan fingerprint density at radius 1 is 1.36 bits per heavy atom. The minimum absolute atomic E-state index is 0.0235. The molecule has 0 fully saturated rings. The fourth-order valence-corrected chi connectivity index (χ4v) is 3.41. The molecule has 1 N–H and O–H groups in total. The molecule has 1 aromatic heterocycles. The van der Waals surface area contributed by atoms with Crippen molar-refractivity contribution in [1.82, 2.24) is 4.90 Å². The van der Waals surface area contributed by atoms with Gasteiger partial charge in [-0.05, 0) is 41.6 Å². The Morgan fingerprint density at radius 2 is 2.24 bits per heavy atom. The van der Waals surface area contributed by atoms with Crippen molar-refractivity contribution in [1.29, 1.82) is 0 Å². The lowest BCUT2D eigenvalue weighted by atomic mass is 10.0. The molecule has 1 aliphatic heterocycles. The standard InChI is InChI=1S/C19H20N2O3S/c1-2-9-21(12-16-4-3-10-25-16)19(23)13-24-15-6-7-17-14(11-15)5-8-18(22)20-17/h2-4,6-7,10-11H,1,5,8-9,12-13H2,(H,20,22). The number of nitrogens with zero attached hydrogens (tertiary/aromatic N) is 1. The van der Waals surface area contributed by atoms with Crippen LogP contribution in [-0.4, -0.2) is 29.9 Å². The fourth-order valence-electron chi connectivity index (χ4n) is 2.69. The molecule has 2 amide bonds. The number of aryl methyl sites for hydroxylation is 1. The molecule has 0 atom stereocenters. The Bertz CT molecular complexity index is 771. The van der Waals surface area contributed by atoms with Crippen molar-refractivity contribution in [3.63, 3.8) is 0 Å². The molecule has 130 valence electrons. The number of hydrogen-bond acceptors (Lipinski definition) is 4. The molecule has 5 nitrogen and oxygen atoms in total. The third-order valence-corrected chi connectivity index (χ3v) is 4.82. The number of carbonyl (C=O) groups is 2. The van der Waals surface area contributed by atoms with E-state index in [1.807, 2.05) is 29.6 Å². The second-order valence-electron chi connectivity index (χ2n) is 5.80. The van der Waals surface area contributed by atoms with Crippen LogP contribution < -0.4 is 10.1 Å². The average molecular weight is 356 g/mol. The number of ether oxygens (including phenoxy) is 1. The van der Waals surface area contributed by atoms with Gasteiger partial charge in [0, 0.05) is 23.5 Å². The number of fused-ring (bicyclic) bond motifs is 1. The third-order valence-electron chi connectivity index (χ3n) is 3.96. The summed E-state index contributed by atoms with van der Waals surface area (Å²) in [5.74, 6) is 0.585. The van der Waals surface area contributed by atoms with E-state index in [0.29, 0.717) is 31.7 Å². The third kappa shape index (κ3) is 4.48. The van der Waals surface area contributed by atoms with Crippen LogP contribution in [-0.2, 0) is 22.6 Å². The van der Waals surface area contributed by atoms with Gasteiger partial charge < -0.3 is 15.0 Å². The summed E-state index contributed by atoms with van der Waals surface area (Å²) in [5, 5.41) is 4.83. The smallest absolute Gasteiger partial charge is 0.261 e. The molecule has 2 heterocycles. The number of nitrogens with one attached hydrogen (secondary N) is 1. The Labute approximate surface area is 150 Å². The molecule has 2 aromatic rings. The Balaban J connectivity index is 1.60. The fraction of sp³-hybridized carbons (Fsp3) is 0.263. The van der Waals surface area contributed by atoms with Crippen LogP contribution in [0.5, 0.6) is 5.75 Å². The van der Waals surface area contributed by atoms with E-state index >= 15 is 0 Å². The Kier molecular flexibility index (Phi) is 5.50. The normalized spacial score (nSPS) is 12.9. The van der Waals surface area contributed by atoms with Crippen LogP contribution in [0.15, 0.2) is 48.4 Å². The van der Waals surface area contributed by atoms with Gasteiger partial charge in [0.05, 0.1) is 6.54 Å². The first kappa shape index (κ1) is 17.2. The van der Waals surface area contributed by atoms with Gasteiger partial charge in [0.25, 0.3) is 5.91 Å². The van der Waals surface area contributed by atoms with E-state index in [1.54, 1.807) is 28.4 Å². The van der Waals surface area contributed by atoms with Gasteiger partial charge in [-0.2, -0.15) is 0 Å². The van der Waals surface area contributed by atoms with E-state index in [0.717, 1.165) is 16.1 Å². The molecule has 0 bridgehead atoms. The second-order valence-corrected chi connectivity index (χ2v) is 6.83. The lowest BCUT2D eigenvalue weighted by Gasteiger charge is -2.21. The minimum atomic E-state index is -0.0840. The monoisotopic (exact) mass is 356 g/mol. The lowest BCUT2D eigenvalue weighted by molar-refractivity contribution is -0.133. The van der Waals surface area contributed by atoms with Gasteiger partial charge in [0.15, 0.2) is 6.61 Å². The van der Waals surface area contributed by atoms with Crippen LogP contribution in [0.25, 0.3) is 0 Å². The summed E-state index contributed by atoms with van der Waals surface area (Å²) in [4.78, 5) is 26.7. The van der Waals surface area contributed by atoms with Gasteiger partial charge in [-0.1, -0.05) is 12.1 Å². The van der Waals surface area contributed by atoms with Crippen molar-refractivity contribution < 1.29 is 14.3 Å². The highest BCUT2D eigenvalue weighted by Gasteiger charge is 2.17. The van der Waals surface area contributed by atoms with Crippen molar-refractivity contribution in [3.8, 4) is 5.75 Å². The predicted octanol–water partition coefficient (Wildman–Crippen LogP) is 3.23. The molecule has 0 saturated carbocycles. The number of anilines is 1. The van der Waals surface area contributed by atoms with Gasteiger partial charge in [-0.3, -0.25) is 9.59 Å². The first-order chi connectivity index (χ1) is 12.2. The zero-order chi connectivity index (χ0) is 17.6. The van der Waals surface area contributed by atoms with Crippen LogP contribution in [0.4, 0.5) is 5.69 Å². The summed E-state index contributed by atoms with van der Waals surface area (Å²) in [6.45, 7) is 4.74. The predicted molar refractivity (Wildman–Crippen MR) is 98.8 cm³/mol. The lowest BCUT2D eigenvalue weighted by Crippen LogP contribution is -2.34. The zero-order valence-electron chi connectivity index (χ0n) is 13.9. The summed E-state index contributed by atoms with van der Waals surface area (Å²) in [6.07, 6.45) is 2.88. The molecule has 25 heavy (non-hydrogen) atoms. The van der Waals surface area contributed by atoms with Gasteiger partial charge in [-0.25, -0.2) is 0 Å². The van der Waals surface area contributed by atoms with Crippen LogP contribution in [0.3, 0.4) is 0 Å². The number of carbonyl (C=O) groups excluding carboxylic acids is 2. The molecule has 3 rings (SSSR count). The van der Waals surface area contributed by atoms with Crippen LogP contribution in [0, 0.1) is 0 Å². The highest BCUT2D eigenvalue weighted by molar-refractivity contribution is 7.09. The first-order valence-electron chi connectivity index (χ1n) is 8.12. The zero-order valence-corrected chi connectivity index (χ0v) is 14.7. The molecule has 0 spiro atoms. The quantitative estimate of drug-likeness (QED) is 0.775. The first-order valence-corrected chi connectivity index (χ1v) is 9.00. The number of benzene rings is 1. The van der Waals surface area contributed by atoms with Crippen molar-refractivity contribution in [3.05, 3.63) is 58.8 Å². The van der Waals surface area contributed by atoms with Gasteiger partial charge in [0.2, 0.25) is 5.91 Å². The van der Waals surface area contributed by atoms with Crippen LogP contribution in [0.1, 0.15) is 16.9 Å². The van der Waals surface area contributed by atoms with Gasteiger partial charge >= 0.3 is 0 Å². The highest BCUT2D eigenvalue weighted by Crippen LogP contribution is 2.26. The molecule has 6 heteroatoms. The van der Waals surface area contributed by atoms with E-state index in [-0.39, 0.29) is 18.4 Å². The summed E-state index contributed by atoms with van der Waals surface area (Å²) in [7, 11) is 0. The van der Waals surface area contributed by atoms with Crippen molar-refractivity contribution in [2.45, 2.75) is 19.4 Å². The summed E-state index contributed by atoms with van der Waals surface area (Å²) >= 11 is 1.62. The molecular weight excluding hydrogens is 336 g/mol. The van der Waals surface area contributed by atoms with Gasteiger partial charge in [0.1, 0.15) is 5.75 Å². The molecular formula is C19H20N2O3S. The Morgan fingerprint density at radius 3 is 3.00 bits per heavy atom. The second kappa shape index (κ2) is 7.98. The Hall–Kier alpha value is -2.60. The molecule has 1 aliphatic rings. The van der Waals surface area contributed by atoms with E-state index < -0.39 is 0 Å². The maximum Gasteiger partial charge on any atom is 0.261 e. The van der Waals surface area contributed by atoms with Crippen LogP contribution >= 0.6 is 11.3 Å². The molecule has 1 aromatic carbocycles. The van der Waals surface area contributed by atoms with E-state index in [4.69, 9.17) is 4.74 Å².